The van der Waals surface area contributed by atoms with Gasteiger partial charge in [0, 0.05) is 21.7 Å². The van der Waals surface area contributed by atoms with Crippen LogP contribution in [0.5, 0.6) is 0 Å². The number of rotatable bonds is 2. The van der Waals surface area contributed by atoms with Gasteiger partial charge in [0.2, 0.25) is 0 Å². The fraction of sp³-hybridized carbons (Fsp3) is 0.136. The molecule has 4 aromatic rings. The van der Waals surface area contributed by atoms with Crippen molar-refractivity contribution in [1.29, 1.82) is 0 Å². The molecule has 0 fully saturated rings. The van der Waals surface area contributed by atoms with Gasteiger partial charge >= 0.3 is 0 Å². The lowest BCUT2D eigenvalue weighted by atomic mass is 9.97. The maximum absolute atomic E-state index is 13.4. The third-order valence-corrected chi connectivity index (χ3v) is 4.88. The van der Waals surface area contributed by atoms with Gasteiger partial charge in [0.05, 0.1) is 22.5 Å². The Labute approximate surface area is 162 Å². The summed E-state index contributed by atoms with van der Waals surface area (Å²) in [6, 6.07) is 17.1. The molecular weight excluding hydrogens is 358 g/mol. The van der Waals surface area contributed by atoms with Gasteiger partial charge in [0.25, 0.3) is 5.91 Å². The zero-order chi connectivity index (χ0) is 19.1. The van der Waals surface area contributed by atoms with Gasteiger partial charge in [-0.2, -0.15) is 5.10 Å². The second-order valence-corrected chi connectivity index (χ2v) is 7.07. The second kappa shape index (κ2) is 6.63. The summed E-state index contributed by atoms with van der Waals surface area (Å²) >= 11 is 6.18. The molecule has 4 nitrogen and oxygen atoms in total. The highest BCUT2D eigenvalue weighted by Gasteiger charge is 2.22. The quantitative estimate of drug-likeness (QED) is 0.473. The van der Waals surface area contributed by atoms with Crippen LogP contribution in [-0.4, -0.2) is 20.7 Å². The number of carbonyl (C=O) groups excluding carboxylic acids is 1. The maximum Gasteiger partial charge on any atom is 0.279 e. The summed E-state index contributed by atoms with van der Waals surface area (Å²) < 4.78 is 1.46. The van der Waals surface area contributed by atoms with E-state index in [-0.39, 0.29) is 5.91 Å². The Bertz CT molecular complexity index is 1190. The van der Waals surface area contributed by atoms with Gasteiger partial charge in [-0.15, -0.1) is 0 Å². The first kappa shape index (κ1) is 17.4. The van der Waals surface area contributed by atoms with Crippen LogP contribution in [-0.2, 0) is 0 Å². The number of halogens is 1. The molecule has 0 aliphatic heterocycles. The Balaban J connectivity index is 2.03. The summed E-state index contributed by atoms with van der Waals surface area (Å²) in [5.74, 6) is -0.153. The van der Waals surface area contributed by atoms with Crippen molar-refractivity contribution in [1.82, 2.24) is 14.8 Å². The molecule has 0 unspecified atom stereocenters. The van der Waals surface area contributed by atoms with Crippen molar-refractivity contribution in [2.75, 3.05) is 0 Å². The van der Waals surface area contributed by atoms with E-state index in [1.165, 1.54) is 4.68 Å². The predicted octanol–water partition coefficient (Wildman–Crippen LogP) is 5.37. The lowest BCUT2D eigenvalue weighted by Gasteiger charge is -2.14. The van der Waals surface area contributed by atoms with E-state index in [0.29, 0.717) is 10.6 Å². The van der Waals surface area contributed by atoms with Crippen molar-refractivity contribution >= 4 is 28.4 Å². The number of carbonyl (C=O) groups is 1. The Morgan fingerprint density at radius 1 is 1.00 bits per heavy atom. The molecule has 2 heterocycles. The molecule has 0 bridgehead atoms. The van der Waals surface area contributed by atoms with Crippen LogP contribution < -0.4 is 0 Å². The van der Waals surface area contributed by atoms with E-state index < -0.39 is 0 Å². The highest BCUT2D eigenvalue weighted by Crippen LogP contribution is 2.31. The molecule has 0 N–H and O–H groups in total. The molecule has 2 aromatic carbocycles. The number of pyridine rings is 1. The second-order valence-electron chi connectivity index (χ2n) is 6.63. The molecule has 0 spiro atoms. The molecular formula is C22H18ClN3O. The van der Waals surface area contributed by atoms with Gasteiger partial charge in [-0.1, -0.05) is 41.9 Å². The average Bonchev–Trinajstić information content (AvgIpc) is 2.99. The smallest absolute Gasteiger partial charge is 0.267 e. The van der Waals surface area contributed by atoms with E-state index in [1.807, 2.05) is 75.4 Å². The Morgan fingerprint density at radius 2 is 1.78 bits per heavy atom. The van der Waals surface area contributed by atoms with E-state index >= 15 is 0 Å². The first-order chi connectivity index (χ1) is 13.0. The molecule has 0 aliphatic carbocycles. The van der Waals surface area contributed by atoms with Gasteiger partial charge in [0.1, 0.15) is 0 Å². The van der Waals surface area contributed by atoms with Crippen molar-refractivity contribution in [2.24, 2.45) is 0 Å². The molecule has 0 saturated carbocycles. The van der Waals surface area contributed by atoms with E-state index in [2.05, 4.69) is 5.10 Å². The molecule has 4 rings (SSSR count). The number of nitrogens with zero attached hydrogens (tertiary/aromatic N) is 3. The van der Waals surface area contributed by atoms with Crippen LogP contribution in [0.4, 0.5) is 0 Å². The maximum atomic E-state index is 13.4. The number of benzene rings is 2. The van der Waals surface area contributed by atoms with Gasteiger partial charge in [-0.3, -0.25) is 4.79 Å². The molecule has 134 valence electrons. The number of para-hydroxylation sites is 1. The van der Waals surface area contributed by atoms with E-state index in [1.54, 1.807) is 0 Å². The average molecular weight is 376 g/mol. The lowest BCUT2D eigenvalue weighted by molar-refractivity contribution is 0.0943. The standard InChI is InChI=1S/C22H18ClN3O/c1-13-11-14(2)26(25-13)22(27)20-15(3)21(16-7-6-8-17(23)12-16)24-19-10-5-4-9-18(19)20/h4-12H,1-3H3. The molecule has 5 heteroatoms. The number of hydrogen-bond acceptors (Lipinski definition) is 3. The minimum absolute atomic E-state index is 0.153. The summed E-state index contributed by atoms with van der Waals surface area (Å²) in [5, 5.41) is 5.83. The van der Waals surface area contributed by atoms with Gasteiger partial charge in [-0.05, 0) is 50.6 Å². The van der Waals surface area contributed by atoms with Crippen molar-refractivity contribution in [2.45, 2.75) is 20.8 Å². The molecule has 0 radical (unpaired) electrons. The molecule has 0 amide bonds. The zero-order valence-corrected chi connectivity index (χ0v) is 16.1. The zero-order valence-electron chi connectivity index (χ0n) is 15.3. The third kappa shape index (κ3) is 3.02. The fourth-order valence-electron chi connectivity index (χ4n) is 3.44. The Kier molecular flexibility index (Phi) is 4.28. The lowest BCUT2D eigenvalue weighted by Crippen LogP contribution is -2.18. The van der Waals surface area contributed by atoms with Crippen LogP contribution in [0.1, 0.15) is 27.3 Å². The SMILES string of the molecule is Cc1cc(C)n(C(=O)c2c(C)c(-c3cccc(Cl)c3)nc3ccccc23)n1. The number of aryl methyl sites for hydroxylation is 2. The number of fused-ring (bicyclic) bond motifs is 1. The summed E-state index contributed by atoms with van der Waals surface area (Å²) in [5.41, 5.74) is 5.45. The van der Waals surface area contributed by atoms with Crippen LogP contribution in [0.3, 0.4) is 0 Å². The molecule has 2 aromatic heterocycles. The van der Waals surface area contributed by atoms with Gasteiger partial charge in [0.15, 0.2) is 0 Å². The van der Waals surface area contributed by atoms with Gasteiger partial charge < -0.3 is 0 Å². The highest BCUT2D eigenvalue weighted by molar-refractivity contribution is 6.30. The first-order valence-electron chi connectivity index (χ1n) is 8.69. The third-order valence-electron chi connectivity index (χ3n) is 4.65. The van der Waals surface area contributed by atoms with Crippen molar-refractivity contribution in [3.8, 4) is 11.3 Å². The van der Waals surface area contributed by atoms with Crippen LogP contribution in [0.2, 0.25) is 5.02 Å². The van der Waals surface area contributed by atoms with E-state index in [0.717, 1.165) is 39.1 Å². The molecule has 0 saturated heterocycles. The number of hydrogen-bond donors (Lipinski definition) is 0. The van der Waals surface area contributed by atoms with Crippen molar-refractivity contribution < 1.29 is 4.79 Å². The predicted molar refractivity (Wildman–Crippen MR) is 108 cm³/mol. The summed E-state index contributed by atoms with van der Waals surface area (Å²) in [6.45, 7) is 5.69. The topological polar surface area (TPSA) is 47.8 Å². The monoisotopic (exact) mass is 375 g/mol. The van der Waals surface area contributed by atoms with Crippen LogP contribution in [0, 0.1) is 20.8 Å². The summed E-state index contributed by atoms with van der Waals surface area (Å²) in [4.78, 5) is 18.2. The minimum Gasteiger partial charge on any atom is -0.267 e. The van der Waals surface area contributed by atoms with Gasteiger partial charge in [-0.25, -0.2) is 9.67 Å². The van der Waals surface area contributed by atoms with Crippen molar-refractivity contribution in [3.05, 3.63) is 82.1 Å². The Morgan fingerprint density at radius 3 is 2.48 bits per heavy atom. The summed E-state index contributed by atoms with van der Waals surface area (Å²) in [6.07, 6.45) is 0. The van der Waals surface area contributed by atoms with Crippen LogP contribution >= 0.6 is 11.6 Å². The molecule has 0 atom stereocenters. The normalized spacial score (nSPS) is 11.1. The van der Waals surface area contributed by atoms with Crippen molar-refractivity contribution in [3.63, 3.8) is 0 Å². The summed E-state index contributed by atoms with van der Waals surface area (Å²) in [7, 11) is 0. The largest absolute Gasteiger partial charge is 0.279 e. The minimum atomic E-state index is -0.153. The first-order valence-corrected chi connectivity index (χ1v) is 9.07. The Hall–Kier alpha value is -2.98. The highest BCUT2D eigenvalue weighted by atomic mass is 35.5. The number of aromatic nitrogens is 3. The van der Waals surface area contributed by atoms with Crippen LogP contribution in [0.25, 0.3) is 22.2 Å². The van der Waals surface area contributed by atoms with Crippen LogP contribution in [0.15, 0.2) is 54.6 Å². The molecule has 0 aliphatic rings. The van der Waals surface area contributed by atoms with E-state index in [4.69, 9.17) is 16.6 Å². The molecule has 27 heavy (non-hydrogen) atoms. The fourth-order valence-corrected chi connectivity index (χ4v) is 3.63. The van der Waals surface area contributed by atoms with E-state index in [9.17, 15) is 4.79 Å².